The van der Waals surface area contributed by atoms with Gasteiger partial charge in [-0.2, -0.15) is 0 Å². The van der Waals surface area contributed by atoms with Crippen molar-refractivity contribution >= 4 is 66.8 Å². The quantitative estimate of drug-likeness (QED) is 0.196. The third-order valence-electron chi connectivity index (χ3n) is 6.56. The highest BCUT2D eigenvalue weighted by Gasteiger charge is 2.33. The minimum absolute atomic E-state index is 0.218. The first-order valence-corrected chi connectivity index (χ1v) is 15.6. The number of fused-ring (bicyclic) bond motifs is 1. The molecule has 1 aromatic heterocycles. The Balaban J connectivity index is 1.65. The summed E-state index contributed by atoms with van der Waals surface area (Å²) in [5.41, 5.74) is 4.02. The number of thiazole rings is 1. The molecule has 0 radical (unpaired) electrons. The predicted octanol–water partition coefficient (Wildman–Crippen LogP) is 6.86. The van der Waals surface area contributed by atoms with Gasteiger partial charge in [-0.05, 0) is 66.5 Å². The first-order valence-electron chi connectivity index (χ1n) is 12.8. The van der Waals surface area contributed by atoms with Gasteiger partial charge in [-0.25, -0.2) is 9.79 Å². The van der Waals surface area contributed by atoms with Crippen molar-refractivity contribution in [2.24, 2.45) is 4.99 Å². The summed E-state index contributed by atoms with van der Waals surface area (Å²) >= 11 is 14.8. The first-order chi connectivity index (χ1) is 19.7. The lowest BCUT2D eigenvalue weighted by Crippen LogP contribution is -2.39. The Hall–Kier alpha value is -2.98. The third kappa shape index (κ3) is 6.14. The van der Waals surface area contributed by atoms with Gasteiger partial charge in [0.1, 0.15) is 12.4 Å². The number of hydrogen-bond acceptors (Lipinski definition) is 6. The zero-order chi connectivity index (χ0) is 29.3. The van der Waals surface area contributed by atoms with Crippen LogP contribution in [-0.4, -0.2) is 17.1 Å². The van der Waals surface area contributed by atoms with E-state index in [0.717, 1.165) is 25.6 Å². The third-order valence-corrected chi connectivity index (χ3v) is 8.96. The minimum atomic E-state index is -0.668. The average molecular weight is 717 g/mol. The van der Waals surface area contributed by atoms with E-state index >= 15 is 0 Å². The van der Waals surface area contributed by atoms with Gasteiger partial charge in [0, 0.05) is 20.6 Å². The maximum atomic E-state index is 14.0. The van der Waals surface area contributed by atoms with Crippen molar-refractivity contribution < 1.29 is 14.3 Å². The molecule has 2 heterocycles. The standard InChI is InChI=1S/C31H25Br2ClN2O4S/c1-4-39-30(38)26-18(3)35-31-36(27(26)19-11-9-17(2)10-12-19)29(37)25(41-31)14-21-13-22(32)15-23(33)28(21)40-16-20-7-5-6-8-24(20)34/h5-15,27H,4,16H2,1-3H3/b25-14-/t27-/m1/s1. The molecule has 4 aromatic rings. The molecule has 0 aliphatic carbocycles. The number of carbonyl (C=O) groups excluding carboxylic acids is 1. The van der Waals surface area contributed by atoms with E-state index in [9.17, 15) is 9.59 Å². The Morgan fingerprint density at radius 3 is 2.56 bits per heavy atom. The molecule has 0 saturated carbocycles. The van der Waals surface area contributed by atoms with E-state index in [0.29, 0.717) is 36.9 Å². The Labute approximate surface area is 262 Å². The lowest BCUT2D eigenvalue weighted by Gasteiger charge is -2.24. The Kier molecular flexibility index (Phi) is 8.99. The lowest BCUT2D eigenvalue weighted by atomic mass is 9.95. The fraction of sp³-hybridized carbons (Fsp3) is 0.194. The van der Waals surface area contributed by atoms with Crippen LogP contribution in [0, 0.1) is 6.92 Å². The summed E-state index contributed by atoms with van der Waals surface area (Å²) in [4.78, 5) is 32.3. The Morgan fingerprint density at radius 2 is 1.85 bits per heavy atom. The van der Waals surface area contributed by atoms with Crippen LogP contribution in [0.1, 0.15) is 42.1 Å². The van der Waals surface area contributed by atoms with Gasteiger partial charge >= 0.3 is 5.97 Å². The molecule has 10 heteroatoms. The summed E-state index contributed by atoms with van der Waals surface area (Å²) in [6.07, 6.45) is 1.79. The van der Waals surface area contributed by atoms with Gasteiger partial charge in [0.15, 0.2) is 4.80 Å². The van der Waals surface area contributed by atoms with E-state index in [2.05, 4.69) is 36.9 Å². The monoisotopic (exact) mass is 714 g/mol. The van der Waals surface area contributed by atoms with Gasteiger partial charge in [-0.1, -0.05) is 86.9 Å². The molecule has 3 aromatic carbocycles. The van der Waals surface area contributed by atoms with Crippen LogP contribution in [0.15, 0.2) is 90.7 Å². The first kappa shape index (κ1) is 29.5. The van der Waals surface area contributed by atoms with Crippen LogP contribution < -0.4 is 19.6 Å². The number of nitrogens with zero attached hydrogens (tertiary/aromatic N) is 2. The van der Waals surface area contributed by atoms with Crippen LogP contribution in [0.4, 0.5) is 0 Å². The average Bonchev–Trinajstić information content (AvgIpc) is 3.23. The number of aryl methyl sites for hydroxylation is 1. The Morgan fingerprint density at radius 1 is 1.12 bits per heavy atom. The number of carbonyl (C=O) groups is 1. The normalized spacial score (nSPS) is 15.0. The summed E-state index contributed by atoms with van der Waals surface area (Å²) in [6.45, 7) is 5.99. The van der Waals surface area contributed by atoms with Crippen molar-refractivity contribution in [2.75, 3.05) is 6.61 Å². The maximum absolute atomic E-state index is 14.0. The van der Waals surface area contributed by atoms with Crippen molar-refractivity contribution in [3.8, 4) is 5.75 Å². The summed E-state index contributed by atoms with van der Waals surface area (Å²) in [6, 6.07) is 18.4. The molecular weight excluding hydrogens is 692 g/mol. The summed E-state index contributed by atoms with van der Waals surface area (Å²) in [7, 11) is 0. The molecule has 0 unspecified atom stereocenters. The molecule has 0 amide bonds. The van der Waals surface area contributed by atoms with Gasteiger partial charge in [-0.3, -0.25) is 9.36 Å². The number of benzene rings is 3. The van der Waals surface area contributed by atoms with Gasteiger partial charge < -0.3 is 9.47 Å². The Bertz CT molecular complexity index is 1860. The van der Waals surface area contributed by atoms with E-state index in [1.807, 2.05) is 67.6 Å². The van der Waals surface area contributed by atoms with Crippen LogP contribution in [0.25, 0.3) is 6.08 Å². The zero-order valence-corrected chi connectivity index (χ0v) is 27.2. The summed E-state index contributed by atoms with van der Waals surface area (Å²) in [5.74, 6) is 0.0808. The van der Waals surface area contributed by atoms with Crippen LogP contribution >= 0.6 is 54.8 Å². The number of halogens is 3. The van der Waals surface area contributed by atoms with E-state index in [-0.39, 0.29) is 18.8 Å². The molecule has 0 fully saturated rings. The summed E-state index contributed by atoms with van der Waals surface area (Å²) in [5, 5.41) is 0.611. The van der Waals surface area contributed by atoms with Gasteiger partial charge in [0.2, 0.25) is 0 Å². The number of rotatable bonds is 7. The molecule has 0 saturated heterocycles. The molecular formula is C31H25Br2ClN2O4S. The maximum Gasteiger partial charge on any atom is 0.338 e. The number of allylic oxidation sites excluding steroid dienone is 1. The lowest BCUT2D eigenvalue weighted by molar-refractivity contribution is -0.139. The second kappa shape index (κ2) is 12.5. The van der Waals surface area contributed by atoms with E-state index in [1.54, 1.807) is 24.5 Å². The fourth-order valence-corrected chi connectivity index (χ4v) is 7.20. The van der Waals surface area contributed by atoms with Crippen molar-refractivity contribution in [2.45, 2.75) is 33.4 Å². The molecule has 5 rings (SSSR count). The minimum Gasteiger partial charge on any atom is -0.487 e. The van der Waals surface area contributed by atoms with Crippen LogP contribution in [0.2, 0.25) is 5.02 Å². The van der Waals surface area contributed by atoms with Gasteiger partial charge in [-0.15, -0.1) is 0 Å². The summed E-state index contributed by atoms with van der Waals surface area (Å²) < 4.78 is 15.2. The molecule has 0 spiro atoms. The van der Waals surface area contributed by atoms with Crippen molar-refractivity contribution in [3.05, 3.63) is 128 Å². The second-order valence-corrected chi connectivity index (χ2v) is 12.6. The van der Waals surface area contributed by atoms with Crippen LogP contribution in [0.3, 0.4) is 0 Å². The number of ether oxygens (including phenoxy) is 2. The van der Waals surface area contributed by atoms with Gasteiger partial charge in [0.25, 0.3) is 5.56 Å². The highest BCUT2D eigenvalue weighted by atomic mass is 79.9. The van der Waals surface area contributed by atoms with Crippen molar-refractivity contribution in [1.82, 2.24) is 4.57 Å². The van der Waals surface area contributed by atoms with Crippen LogP contribution in [-0.2, 0) is 16.1 Å². The molecule has 1 atom stereocenters. The topological polar surface area (TPSA) is 69.9 Å². The molecule has 1 aliphatic heterocycles. The number of aromatic nitrogens is 1. The van der Waals surface area contributed by atoms with Crippen molar-refractivity contribution in [3.63, 3.8) is 0 Å². The second-order valence-electron chi connectivity index (χ2n) is 9.40. The number of hydrogen-bond donors (Lipinski definition) is 0. The largest absolute Gasteiger partial charge is 0.487 e. The highest BCUT2D eigenvalue weighted by Crippen LogP contribution is 2.35. The molecule has 0 N–H and O–H groups in total. The van der Waals surface area contributed by atoms with E-state index < -0.39 is 12.0 Å². The zero-order valence-electron chi connectivity index (χ0n) is 22.4. The van der Waals surface area contributed by atoms with Gasteiger partial charge in [0.05, 0.1) is 32.9 Å². The SMILES string of the molecule is CCOC(=O)C1=C(C)N=c2s/c(=C\c3cc(Br)cc(Br)c3OCc3ccccc3Cl)c(=O)n2[C@@H]1c1ccc(C)cc1. The fourth-order valence-electron chi connectivity index (χ4n) is 4.60. The molecule has 1 aliphatic rings. The van der Waals surface area contributed by atoms with E-state index in [1.165, 1.54) is 11.3 Å². The molecule has 6 nitrogen and oxygen atoms in total. The highest BCUT2D eigenvalue weighted by molar-refractivity contribution is 9.11. The smallest absolute Gasteiger partial charge is 0.338 e. The van der Waals surface area contributed by atoms with E-state index in [4.69, 9.17) is 21.1 Å². The van der Waals surface area contributed by atoms with Crippen molar-refractivity contribution in [1.29, 1.82) is 0 Å². The number of esters is 1. The predicted molar refractivity (Wildman–Crippen MR) is 169 cm³/mol. The molecule has 0 bridgehead atoms. The molecule has 41 heavy (non-hydrogen) atoms. The molecule has 210 valence electrons. The van der Waals surface area contributed by atoms with Crippen LogP contribution in [0.5, 0.6) is 5.75 Å².